The number of Topliss-reactive ketones (excluding diaryl/α,β-unsaturated/α-hetero) is 1. The summed E-state index contributed by atoms with van der Waals surface area (Å²) in [6.07, 6.45) is -0.373. The van der Waals surface area contributed by atoms with E-state index in [1.54, 1.807) is 0 Å². The molecule has 1 aliphatic heterocycles. The van der Waals surface area contributed by atoms with Gasteiger partial charge in [0.25, 0.3) is 0 Å². The summed E-state index contributed by atoms with van der Waals surface area (Å²) in [5.74, 6) is -0.220. The number of likely N-dealkylation sites (tertiary alicyclic amines) is 1. The summed E-state index contributed by atoms with van der Waals surface area (Å²) in [4.78, 5) is 34.9. The Morgan fingerprint density at radius 2 is 2.11 bits per heavy atom. The van der Waals surface area contributed by atoms with Crippen molar-refractivity contribution >= 4 is 11.9 Å². The van der Waals surface area contributed by atoms with E-state index in [9.17, 15) is 14.5 Å². The molecule has 1 amide bonds. The zero-order chi connectivity index (χ0) is 13.7. The molecule has 0 spiro atoms. The Labute approximate surface area is 110 Å². The lowest BCUT2D eigenvalue weighted by Gasteiger charge is -2.27. The van der Waals surface area contributed by atoms with Crippen LogP contribution in [0.5, 0.6) is 0 Å². The fourth-order valence-corrected chi connectivity index (χ4v) is 1.88. The number of ketones is 1. The number of nitroso groups, excluding NO2 is 1. The molecule has 2 rings (SSSR count). The van der Waals surface area contributed by atoms with Crippen molar-refractivity contribution in [3.63, 3.8) is 0 Å². The number of hydrogen-bond donors (Lipinski definition) is 0. The number of ether oxygens (including phenoxy) is 1. The van der Waals surface area contributed by atoms with Crippen LogP contribution in [0.1, 0.15) is 12.0 Å². The molecular weight excluding hydrogens is 248 g/mol. The van der Waals surface area contributed by atoms with Crippen molar-refractivity contribution in [3.05, 3.63) is 40.8 Å². The van der Waals surface area contributed by atoms with Crippen molar-refractivity contribution in [2.75, 3.05) is 13.1 Å². The molecule has 6 heteroatoms. The molecule has 0 saturated carbocycles. The number of carbonyl (C=O) groups excluding carboxylic acids is 2. The minimum Gasteiger partial charge on any atom is -0.445 e. The van der Waals surface area contributed by atoms with Gasteiger partial charge in [-0.1, -0.05) is 35.5 Å². The monoisotopic (exact) mass is 262 g/mol. The molecule has 6 nitrogen and oxygen atoms in total. The zero-order valence-electron chi connectivity index (χ0n) is 10.3. The molecule has 0 aliphatic carbocycles. The predicted molar refractivity (Wildman–Crippen MR) is 67.4 cm³/mol. The molecule has 19 heavy (non-hydrogen) atoms. The topological polar surface area (TPSA) is 76.0 Å². The molecule has 1 saturated heterocycles. The molecule has 0 aromatic heterocycles. The second-order valence-corrected chi connectivity index (χ2v) is 4.32. The predicted octanol–water partition coefficient (Wildman–Crippen LogP) is 1.73. The van der Waals surface area contributed by atoms with Gasteiger partial charge < -0.3 is 9.64 Å². The van der Waals surface area contributed by atoms with E-state index < -0.39 is 12.1 Å². The Bertz CT molecular complexity index is 475. The van der Waals surface area contributed by atoms with Crippen molar-refractivity contribution in [2.45, 2.75) is 19.1 Å². The van der Waals surface area contributed by atoms with Gasteiger partial charge in [-0.05, 0) is 5.56 Å². The highest BCUT2D eigenvalue weighted by atomic mass is 16.6. The van der Waals surface area contributed by atoms with Gasteiger partial charge in [0.1, 0.15) is 6.61 Å². The van der Waals surface area contributed by atoms with Crippen LogP contribution < -0.4 is 0 Å². The average Bonchev–Trinajstić information content (AvgIpc) is 2.46. The first-order chi connectivity index (χ1) is 9.20. The molecular formula is C13H14N2O4. The van der Waals surface area contributed by atoms with E-state index in [0.29, 0.717) is 0 Å². The molecule has 1 fully saturated rings. The third-order valence-electron chi connectivity index (χ3n) is 2.98. The van der Waals surface area contributed by atoms with Gasteiger partial charge in [-0.3, -0.25) is 4.79 Å². The molecule has 0 N–H and O–H groups in total. The van der Waals surface area contributed by atoms with Gasteiger partial charge >= 0.3 is 6.09 Å². The van der Waals surface area contributed by atoms with Gasteiger partial charge in [0.2, 0.25) is 0 Å². The SMILES string of the molecule is O=NC1CN(C(=O)OCc2ccccc2)CCC1=O. The number of amides is 1. The highest BCUT2D eigenvalue weighted by Crippen LogP contribution is 2.12. The molecule has 1 atom stereocenters. The molecule has 1 aliphatic rings. The van der Waals surface area contributed by atoms with Crippen LogP contribution >= 0.6 is 0 Å². The van der Waals surface area contributed by atoms with E-state index in [2.05, 4.69) is 5.18 Å². The number of carbonyl (C=O) groups is 2. The van der Waals surface area contributed by atoms with Crippen molar-refractivity contribution in [1.29, 1.82) is 0 Å². The van der Waals surface area contributed by atoms with E-state index in [-0.39, 0.29) is 31.9 Å². The van der Waals surface area contributed by atoms with Crippen LogP contribution in [-0.2, 0) is 16.1 Å². The minimum absolute atomic E-state index is 0.00988. The smallest absolute Gasteiger partial charge is 0.410 e. The highest BCUT2D eigenvalue weighted by molar-refractivity contribution is 5.86. The van der Waals surface area contributed by atoms with Gasteiger partial charge in [-0.2, -0.15) is 0 Å². The third kappa shape index (κ3) is 3.37. The van der Waals surface area contributed by atoms with Gasteiger partial charge in [0.05, 0.1) is 6.54 Å². The van der Waals surface area contributed by atoms with Crippen LogP contribution in [0.15, 0.2) is 35.5 Å². The Hall–Kier alpha value is -2.24. The van der Waals surface area contributed by atoms with Gasteiger partial charge in [0, 0.05) is 13.0 Å². The van der Waals surface area contributed by atoms with Crippen molar-refractivity contribution in [2.24, 2.45) is 5.18 Å². The van der Waals surface area contributed by atoms with Gasteiger partial charge in [0.15, 0.2) is 11.8 Å². The largest absolute Gasteiger partial charge is 0.445 e. The van der Waals surface area contributed by atoms with Crippen LogP contribution in [0.3, 0.4) is 0 Å². The van der Waals surface area contributed by atoms with Crippen molar-refractivity contribution < 1.29 is 14.3 Å². The minimum atomic E-state index is -0.960. The Morgan fingerprint density at radius 1 is 1.37 bits per heavy atom. The summed E-state index contributed by atoms with van der Waals surface area (Å²) >= 11 is 0. The summed E-state index contributed by atoms with van der Waals surface area (Å²) in [6, 6.07) is 8.33. The molecule has 0 radical (unpaired) electrons. The number of benzene rings is 1. The normalized spacial score (nSPS) is 19.1. The fraction of sp³-hybridized carbons (Fsp3) is 0.385. The summed E-state index contributed by atoms with van der Waals surface area (Å²) in [5, 5.41) is 2.73. The Morgan fingerprint density at radius 3 is 2.79 bits per heavy atom. The maximum Gasteiger partial charge on any atom is 0.410 e. The quantitative estimate of drug-likeness (QED) is 0.777. The standard InChI is InChI=1S/C13H14N2O4/c16-12-6-7-15(8-11(12)14-18)13(17)19-9-10-4-2-1-3-5-10/h1-5,11H,6-9H2. The van der Waals surface area contributed by atoms with Crippen LogP contribution in [0.25, 0.3) is 0 Å². The van der Waals surface area contributed by atoms with E-state index in [1.165, 1.54) is 4.90 Å². The van der Waals surface area contributed by atoms with E-state index in [4.69, 9.17) is 4.74 Å². The molecule has 1 aromatic carbocycles. The first-order valence-corrected chi connectivity index (χ1v) is 6.01. The Balaban J connectivity index is 1.86. The highest BCUT2D eigenvalue weighted by Gasteiger charge is 2.31. The molecule has 0 bridgehead atoms. The molecule has 100 valence electrons. The fourth-order valence-electron chi connectivity index (χ4n) is 1.88. The van der Waals surface area contributed by atoms with Crippen LogP contribution in [0.2, 0.25) is 0 Å². The van der Waals surface area contributed by atoms with Crippen molar-refractivity contribution in [3.8, 4) is 0 Å². The average molecular weight is 262 g/mol. The first kappa shape index (κ1) is 13.2. The summed E-state index contributed by atoms with van der Waals surface area (Å²) in [5.41, 5.74) is 0.883. The number of piperidine rings is 1. The first-order valence-electron chi connectivity index (χ1n) is 6.01. The van der Waals surface area contributed by atoms with E-state index >= 15 is 0 Å². The lowest BCUT2D eigenvalue weighted by molar-refractivity contribution is -0.122. The lowest BCUT2D eigenvalue weighted by Crippen LogP contribution is -2.46. The second-order valence-electron chi connectivity index (χ2n) is 4.32. The van der Waals surface area contributed by atoms with Crippen molar-refractivity contribution in [1.82, 2.24) is 4.90 Å². The third-order valence-corrected chi connectivity index (χ3v) is 2.98. The number of rotatable bonds is 3. The van der Waals surface area contributed by atoms with Gasteiger partial charge in [-0.25, -0.2) is 4.79 Å². The molecule has 1 unspecified atom stereocenters. The van der Waals surface area contributed by atoms with Crippen LogP contribution in [0, 0.1) is 4.91 Å². The summed E-state index contributed by atoms with van der Waals surface area (Å²) in [6.45, 7) is 0.456. The molecule has 1 aromatic rings. The molecule has 1 heterocycles. The summed E-state index contributed by atoms with van der Waals surface area (Å²) < 4.78 is 5.13. The zero-order valence-corrected chi connectivity index (χ0v) is 10.3. The van der Waals surface area contributed by atoms with Gasteiger partial charge in [-0.15, -0.1) is 4.91 Å². The van der Waals surface area contributed by atoms with E-state index in [1.807, 2.05) is 30.3 Å². The lowest BCUT2D eigenvalue weighted by atomic mass is 10.1. The van der Waals surface area contributed by atoms with Crippen LogP contribution in [-0.4, -0.2) is 35.9 Å². The Kier molecular flexibility index (Phi) is 4.22. The number of nitrogens with zero attached hydrogens (tertiary/aromatic N) is 2. The maximum atomic E-state index is 11.8. The van der Waals surface area contributed by atoms with E-state index in [0.717, 1.165) is 5.56 Å². The van der Waals surface area contributed by atoms with Crippen LogP contribution in [0.4, 0.5) is 4.79 Å². The maximum absolute atomic E-state index is 11.8. The number of hydrogen-bond acceptors (Lipinski definition) is 5. The summed E-state index contributed by atoms with van der Waals surface area (Å²) in [7, 11) is 0. The second kappa shape index (κ2) is 6.08.